The molecule has 6 heteroatoms. The quantitative estimate of drug-likeness (QED) is 0.0865. The van der Waals surface area contributed by atoms with Crippen molar-refractivity contribution in [3.63, 3.8) is 0 Å². The van der Waals surface area contributed by atoms with Crippen LogP contribution in [0, 0.1) is 0 Å². The average molecular weight is 655 g/mol. The third kappa shape index (κ3) is 32.3. The van der Waals surface area contributed by atoms with Crippen LogP contribution in [0.3, 0.4) is 0 Å². The van der Waals surface area contributed by atoms with Crippen LogP contribution in [-0.2, 0) is 18.9 Å². The smallest absolute Gasteiger partial charge is 0.0701 e. The Hall–Kier alpha value is -0.240. The molecule has 1 aliphatic rings. The summed E-state index contributed by atoms with van der Waals surface area (Å²) in [4.78, 5) is 5.04. The molecule has 0 saturated carbocycles. The van der Waals surface area contributed by atoms with Crippen molar-refractivity contribution in [2.24, 2.45) is 0 Å². The summed E-state index contributed by atoms with van der Waals surface area (Å²) < 4.78 is 23.8. The third-order valence-electron chi connectivity index (χ3n) is 9.61. The van der Waals surface area contributed by atoms with Crippen molar-refractivity contribution in [1.29, 1.82) is 0 Å². The fourth-order valence-corrected chi connectivity index (χ4v) is 6.44. The topological polar surface area (TPSA) is 43.4 Å². The molecule has 276 valence electrons. The van der Waals surface area contributed by atoms with E-state index < -0.39 is 0 Å². The van der Waals surface area contributed by atoms with Gasteiger partial charge in [0.25, 0.3) is 0 Å². The lowest BCUT2D eigenvalue weighted by atomic mass is 10.1. The van der Waals surface area contributed by atoms with Crippen molar-refractivity contribution in [1.82, 2.24) is 9.80 Å². The molecule has 0 aliphatic carbocycles. The second kappa shape index (κ2) is 37.6. The van der Waals surface area contributed by atoms with Crippen molar-refractivity contribution in [3.05, 3.63) is 0 Å². The van der Waals surface area contributed by atoms with Crippen molar-refractivity contribution in [2.75, 3.05) is 92.1 Å². The van der Waals surface area contributed by atoms with Crippen LogP contribution in [0.1, 0.15) is 168 Å². The van der Waals surface area contributed by atoms with E-state index in [0.717, 1.165) is 65.7 Å². The molecule has 1 rings (SSSR count). The molecule has 1 aliphatic heterocycles. The summed E-state index contributed by atoms with van der Waals surface area (Å²) in [5.74, 6) is 0. The Morgan fingerprint density at radius 2 is 0.500 bits per heavy atom. The molecule has 6 nitrogen and oxygen atoms in total. The number of nitrogens with zero attached hydrogens (tertiary/aromatic N) is 2. The zero-order valence-corrected chi connectivity index (χ0v) is 31.4. The largest absolute Gasteiger partial charge is 0.378 e. The molecule has 1 heterocycles. The lowest BCUT2D eigenvalue weighted by Crippen LogP contribution is -2.34. The van der Waals surface area contributed by atoms with Gasteiger partial charge >= 0.3 is 0 Å². The molecule has 0 amide bonds. The molecule has 0 spiro atoms. The van der Waals surface area contributed by atoms with Crippen LogP contribution in [-0.4, -0.2) is 102 Å². The Labute approximate surface area is 288 Å². The Morgan fingerprint density at radius 1 is 0.283 bits per heavy atom. The van der Waals surface area contributed by atoms with Crippen molar-refractivity contribution in [2.45, 2.75) is 168 Å². The molecule has 0 aromatic carbocycles. The first-order chi connectivity index (χ1) is 22.9. The highest BCUT2D eigenvalue weighted by molar-refractivity contribution is 4.61. The number of unbranched alkanes of at least 4 members (excludes halogenated alkanes) is 22. The average Bonchev–Trinajstić information content (AvgIpc) is 3.06. The maximum Gasteiger partial charge on any atom is 0.0701 e. The molecular weight excluding hydrogens is 572 g/mol. The Bertz CT molecular complexity index is 499. The monoisotopic (exact) mass is 655 g/mol. The Balaban J connectivity index is 2.11. The van der Waals surface area contributed by atoms with E-state index >= 15 is 0 Å². The number of hydrogen-bond donors (Lipinski definition) is 0. The van der Waals surface area contributed by atoms with Gasteiger partial charge in [0.2, 0.25) is 0 Å². The minimum Gasteiger partial charge on any atom is -0.378 e. The van der Waals surface area contributed by atoms with Gasteiger partial charge in [0, 0.05) is 26.2 Å². The van der Waals surface area contributed by atoms with E-state index in [1.165, 1.54) is 154 Å². The van der Waals surface area contributed by atoms with Crippen LogP contribution in [0.4, 0.5) is 0 Å². The highest BCUT2D eigenvalue weighted by atomic mass is 16.5. The summed E-state index contributed by atoms with van der Waals surface area (Å²) >= 11 is 0. The van der Waals surface area contributed by atoms with Crippen molar-refractivity contribution < 1.29 is 18.9 Å². The number of rotatable bonds is 26. The van der Waals surface area contributed by atoms with E-state index in [1.807, 2.05) is 0 Å². The van der Waals surface area contributed by atoms with Crippen molar-refractivity contribution in [3.8, 4) is 0 Å². The highest BCUT2D eigenvalue weighted by Crippen LogP contribution is 2.13. The van der Waals surface area contributed by atoms with Gasteiger partial charge in [-0.05, 0) is 25.9 Å². The predicted molar refractivity (Wildman–Crippen MR) is 198 cm³/mol. The molecule has 0 unspecified atom stereocenters. The first-order valence-electron chi connectivity index (χ1n) is 20.6. The van der Waals surface area contributed by atoms with Crippen LogP contribution in [0.25, 0.3) is 0 Å². The van der Waals surface area contributed by atoms with Crippen molar-refractivity contribution >= 4 is 0 Å². The molecule has 46 heavy (non-hydrogen) atoms. The first-order valence-corrected chi connectivity index (χ1v) is 20.6. The molecule has 1 fully saturated rings. The van der Waals surface area contributed by atoms with E-state index in [0.29, 0.717) is 26.4 Å². The summed E-state index contributed by atoms with van der Waals surface area (Å²) in [7, 11) is 0. The zero-order valence-electron chi connectivity index (χ0n) is 31.4. The van der Waals surface area contributed by atoms with Crippen LogP contribution in [0.2, 0.25) is 0 Å². The second-order valence-electron chi connectivity index (χ2n) is 13.9. The van der Waals surface area contributed by atoms with Gasteiger partial charge in [0.05, 0.1) is 52.9 Å². The molecular formula is C40H82N2O4. The summed E-state index contributed by atoms with van der Waals surface area (Å²) in [6.45, 7) is 16.6. The van der Waals surface area contributed by atoms with E-state index in [9.17, 15) is 0 Å². The lowest BCUT2D eigenvalue weighted by Gasteiger charge is -2.23. The van der Waals surface area contributed by atoms with Gasteiger partial charge in [-0.3, -0.25) is 9.80 Å². The number of hydrogen-bond acceptors (Lipinski definition) is 6. The minimum absolute atomic E-state index is 0.685. The molecule has 0 N–H and O–H groups in total. The van der Waals surface area contributed by atoms with E-state index in [-0.39, 0.29) is 0 Å². The van der Waals surface area contributed by atoms with E-state index in [2.05, 4.69) is 23.6 Å². The van der Waals surface area contributed by atoms with Crippen LogP contribution in [0.5, 0.6) is 0 Å². The molecule has 1 saturated heterocycles. The Morgan fingerprint density at radius 3 is 0.739 bits per heavy atom. The van der Waals surface area contributed by atoms with Gasteiger partial charge in [-0.2, -0.15) is 0 Å². The molecule has 0 atom stereocenters. The highest BCUT2D eigenvalue weighted by Gasteiger charge is 2.08. The lowest BCUT2D eigenvalue weighted by molar-refractivity contribution is 0.00776. The molecule has 0 aromatic heterocycles. The van der Waals surface area contributed by atoms with Crippen LogP contribution < -0.4 is 0 Å². The van der Waals surface area contributed by atoms with Crippen LogP contribution in [0.15, 0.2) is 0 Å². The van der Waals surface area contributed by atoms with Gasteiger partial charge < -0.3 is 18.9 Å². The van der Waals surface area contributed by atoms with Gasteiger partial charge in [0.15, 0.2) is 0 Å². The fourth-order valence-electron chi connectivity index (χ4n) is 6.44. The maximum atomic E-state index is 5.96. The van der Waals surface area contributed by atoms with Gasteiger partial charge in [0.1, 0.15) is 0 Å². The van der Waals surface area contributed by atoms with Gasteiger partial charge in [-0.1, -0.05) is 155 Å². The van der Waals surface area contributed by atoms with Gasteiger partial charge in [-0.25, -0.2) is 0 Å². The predicted octanol–water partition coefficient (Wildman–Crippen LogP) is 10.1. The molecule has 0 bridgehead atoms. The standard InChI is InChI=1S/C40H82N2O4/c1-3-5-7-9-11-13-15-17-19-21-23-25-27-41-29-33-43-37-39-45-35-31-42(32-36-46-40-38-44-34-30-41)28-26-24-22-20-18-16-14-12-10-8-6-4-2/h3-40H2,1-2H3. The van der Waals surface area contributed by atoms with E-state index in [1.54, 1.807) is 0 Å². The zero-order chi connectivity index (χ0) is 32.9. The van der Waals surface area contributed by atoms with Gasteiger partial charge in [-0.15, -0.1) is 0 Å². The normalized spacial score (nSPS) is 17.6. The first kappa shape index (κ1) is 43.8. The SMILES string of the molecule is CCCCCCCCCCCCCCN1CCOCCOCCN(CCCCCCCCCCCCCC)CCOCCOCC1. The summed E-state index contributed by atoms with van der Waals surface area (Å²) in [6.07, 6.45) is 33.5. The fraction of sp³-hybridized carbons (Fsp3) is 1.00. The minimum atomic E-state index is 0.685. The van der Waals surface area contributed by atoms with Crippen LogP contribution >= 0.6 is 0 Å². The maximum absolute atomic E-state index is 5.96. The summed E-state index contributed by atoms with van der Waals surface area (Å²) in [5, 5.41) is 0. The summed E-state index contributed by atoms with van der Waals surface area (Å²) in [5.41, 5.74) is 0. The molecule has 0 radical (unpaired) electrons. The second-order valence-corrected chi connectivity index (χ2v) is 13.9. The molecule has 0 aromatic rings. The Kier molecular flexibility index (Phi) is 35.8. The summed E-state index contributed by atoms with van der Waals surface area (Å²) in [6, 6.07) is 0. The number of ether oxygens (including phenoxy) is 4. The third-order valence-corrected chi connectivity index (χ3v) is 9.61. The van der Waals surface area contributed by atoms with E-state index in [4.69, 9.17) is 18.9 Å².